The second-order valence-electron chi connectivity index (χ2n) is 6.55. The maximum absolute atomic E-state index is 12.6. The van der Waals surface area contributed by atoms with Gasteiger partial charge in [-0.15, -0.1) is 0 Å². The van der Waals surface area contributed by atoms with Crippen LogP contribution in [0.5, 0.6) is 11.5 Å². The Morgan fingerprint density at radius 3 is 2.41 bits per heavy atom. The van der Waals surface area contributed by atoms with Gasteiger partial charge in [0, 0.05) is 16.1 Å². The van der Waals surface area contributed by atoms with Gasteiger partial charge < -0.3 is 10.1 Å². The van der Waals surface area contributed by atoms with Gasteiger partial charge in [0.15, 0.2) is 0 Å². The summed E-state index contributed by atoms with van der Waals surface area (Å²) in [6.45, 7) is 0. The van der Waals surface area contributed by atoms with Crippen LogP contribution in [-0.2, 0) is 4.79 Å². The Balaban J connectivity index is 1.99. The quantitative estimate of drug-likeness (QED) is 0.160. The van der Waals surface area contributed by atoms with Gasteiger partial charge in [-0.3, -0.25) is 25.0 Å². The zero-order valence-electron chi connectivity index (χ0n) is 16.9. The number of ether oxygens (including phenoxy) is 1. The molecule has 0 radical (unpaired) electrons. The molecule has 0 aliphatic rings. The predicted octanol–water partition coefficient (Wildman–Crippen LogP) is 6.26. The summed E-state index contributed by atoms with van der Waals surface area (Å²) in [6.07, 6.45) is 1.24. The first kappa shape index (κ1) is 24.4. The van der Waals surface area contributed by atoms with E-state index in [1.165, 1.54) is 18.2 Å². The summed E-state index contributed by atoms with van der Waals surface area (Å²) in [5.41, 5.74) is -0.835. The van der Waals surface area contributed by atoms with Gasteiger partial charge in [0.2, 0.25) is 5.75 Å². The Morgan fingerprint density at radius 1 is 1.06 bits per heavy atom. The molecule has 0 spiro atoms. The molecule has 0 aliphatic heterocycles. The van der Waals surface area contributed by atoms with Crippen molar-refractivity contribution in [2.45, 2.75) is 0 Å². The Kier molecular flexibility index (Phi) is 7.57. The molecule has 3 aromatic carbocycles. The van der Waals surface area contributed by atoms with Gasteiger partial charge in [-0.2, -0.15) is 5.26 Å². The molecule has 0 aliphatic carbocycles. The molecule has 1 N–H and O–H groups in total. The highest BCUT2D eigenvalue weighted by Gasteiger charge is 2.22. The van der Waals surface area contributed by atoms with Gasteiger partial charge in [0.25, 0.3) is 11.6 Å². The average molecular weight is 544 g/mol. The van der Waals surface area contributed by atoms with Crippen molar-refractivity contribution in [3.63, 3.8) is 0 Å². The number of non-ortho nitro benzene ring substituents is 1. The molecule has 170 valence electrons. The standard InChI is InChI=1S/C22H12BrClN4O6/c23-15-5-7-20(34-21-8-6-16(27(30)31)11-19(21)28(32)33)13(10-15)9-14(12-25)22(29)26-18-4-2-1-3-17(18)24/h1-11H,(H,26,29)/b14-9+. The SMILES string of the molecule is N#C/C(=C\c1cc(Br)ccc1Oc1ccc([N+](=O)[O-])cc1[N+](=O)[O-])C(=O)Nc1ccccc1Cl. The summed E-state index contributed by atoms with van der Waals surface area (Å²) in [5, 5.41) is 34.7. The van der Waals surface area contributed by atoms with Crippen molar-refractivity contribution in [1.82, 2.24) is 0 Å². The number of anilines is 1. The molecule has 3 aromatic rings. The molecule has 3 rings (SSSR count). The zero-order valence-corrected chi connectivity index (χ0v) is 19.2. The van der Waals surface area contributed by atoms with Gasteiger partial charge in [0.05, 0.1) is 26.6 Å². The lowest BCUT2D eigenvalue weighted by molar-refractivity contribution is -0.394. The van der Waals surface area contributed by atoms with E-state index in [4.69, 9.17) is 16.3 Å². The molecule has 0 saturated heterocycles. The van der Waals surface area contributed by atoms with E-state index < -0.39 is 27.1 Å². The number of nitriles is 1. The molecular formula is C22H12BrClN4O6. The molecular weight excluding hydrogens is 532 g/mol. The second-order valence-corrected chi connectivity index (χ2v) is 7.88. The molecule has 0 fully saturated rings. The first-order valence-electron chi connectivity index (χ1n) is 9.27. The number of hydrogen-bond acceptors (Lipinski definition) is 7. The minimum atomic E-state index is -0.811. The van der Waals surface area contributed by atoms with Crippen molar-refractivity contribution in [2.24, 2.45) is 0 Å². The third-order valence-electron chi connectivity index (χ3n) is 4.33. The summed E-state index contributed by atoms with van der Waals surface area (Å²) in [4.78, 5) is 33.4. The van der Waals surface area contributed by atoms with Crippen LogP contribution in [0.25, 0.3) is 6.08 Å². The maximum Gasteiger partial charge on any atom is 0.318 e. The number of hydrogen-bond donors (Lipinski definition) is 1. The Labute approximate surface area is 205 Å². The fourth-order valence-electron chi connectivity index (χ4n) is 2.75. The molecule has 0 atom stereocenters. The number of carbonyl (C=O) groups is 1. The van der Waals surface area contributed by atoms with Crippen molar-refractivity contribution in [3.05, 3.63) is 102 Å². The van der Waals surface area contributed by atoms with E-state index in [0.717, 1.165) is 18.2 Å². The van der Waals surface area contributed by atoms with Crippen molar-refractivity contribution < 1.29 is 19.4 Å². The Hall–Kier alpha value is -4.27. The first-order chi connectivity index (χ1) is 16.2. The van der Waals surface area contributed by atoms with Crippen LogP contribution in [0.15, 0.2) is 70.7 Å². The number of nitrogens with zero attached hydrogens (tertiary/aromatic N) is 3. The zero-order chi connectivity index (χ0) is 24.8. The Bertz CT molecular complexity index is 1390. The minimum Gasteiger partial charge on any atom is -0.449 e. The highest BCUT2D eigenvalue weighted by atomic mass is 79.9. The van der Waals surface area contributed by atoms with Crippen LogP contribution in [0.4, 0.5) is 17.1 Å². The topological polar surface area (TPSA) is 148 Å². The van der Waals surface area contributed by atoms with E-state index in [9.17, 15) is 30.3 Å². The largest absolute Gasteiger partial charge is 0.449 e. The van der Waals surface area contributed by atoms with E-state index in [1.54, 1.807) is 36.4 Å². The summed E-state index contributed by atoms with van der Waals surface area (Å²) in [7, 11) is 0. The first-order valence-corrected chi connectivity index (χ1v) is 10.4. The van der Waals surface area contributed by atoms with E-state index in [2.05, 4.69) is 21.2 Å². The third kappa shape index (κ3) is 5.74. The number of benzene rings is 3. The molecule has 12 heteroatoms. The molecule has 1 amide bonds. The molecule has 0 bridgehead atoms. The number of nitro benzene ring substituents is 2. The fraction of sp³-hybridized carbons (Fsp3) is 0. The minimum absolute atomic E-state index is 0.0680. The smallest absolute Gasteiger partial charge is 0.318 e. The predicted molar refractivity (Wildman–Crippen MR) is 128 cm³/mol. The number of rotatable bonds is 7. The third-order valence-corrected chi connectivity index (χ3v) is 5.15. The molecule has 0 aromatic heterocycles. The average Bonchev–Trinajstić information content (AvgIpc) is 2.80. The Morgan fingerprint density at radius 2 is 1.76 bits per heavy atom. The molecule has 34 heavy (non-hydrogen) atoms. The second kappa shape index (κ2) is 10.6. The van der Waals surface area contributed by atoms with Crippen molar-refractivity contribution >= 4 is 56.6 Å². The van der Waals surface area contributed by atoms with E-state index in [-0.39, 0.29) is 27.7 Å². The molecule has 0 heterocycles. The molecule has 0 saturated carbocycles. The number of para-hydroxylation sites is 1. The normalized spacial score (nSPS) is 10.8. The van der Waals surface area contributed by atoms with Gasteiger partial charge in [-0.05, 0) is 42.5 Å². The van der Waals surface area contributed by atoms with E-state index >= 15 is 0 Å². The van der Waals surface area contributed by atoms with Crippen LogP contribution in [0.1, 0.15) is 5.56 Å². The highest BCUT2D eigenvalue weighted by molar-refractivity contribution is 9.10. The van der Waals surface area contributed by atoms with E-state index in [0.29, 0.717) is 10.2 Å². The summed E-state index contributed by atoms with van der Waals surface area (Å²) in [6, 6.07) is 15.8. The van der Waals surface area contributed by atoms with Crippen LogP contribution in [0, 0.1) is 31.6 Å². The number of nitrogens with one attached hydrogen (secondary N) is 1. The van der Waals surface area contributed by atoms with Crippen LogP contribution in [0.2, 0.25) is 5.02 Å². The van der Waals surface area contributed by atoms with Gasteiger partial charge in [-0.25, -0.2) is 0 Å². The summed E-state index contributed by atoms with van der Waals surface area (Å²) >= 11 is 9.33. The van der Waals surface area contributed by atoms with Gasteiger partial charge >= 0.3 is 5.69 Å². The monoisotopic (exact) mass is 542 g/mol. The number of nitro groups is 2. The summed E-state index contributed by atoms with van der Waals surface area (Å²) < 4.78 is 6.24. The number of amides is 1. The fourth-order valence-corrected chi connectivity index (χ4v) is 3.31. The van der Waals surface area contributed by atoms with E-state index in [1.807, 2.05) is 0 Å². The van der Waals surface area contributed by atoms with Crippen LogP contribution in [0.3, 0.4) is 0 Å². The van der Waals surface area contributed by atoms with Gasteiger partial charge in [0.1, 0.15) is 17.4 Å². The number of carbonyl (C=O) groups excluding carboxylic acids is 1. The lowest BCUT2D eigenvalue weighted by Gasteiger charge is -2.11. The van der Waals surface area contributed by atoms with Crippen LogP contribution < -0.4 is 10.1 Å². The lowest BCUT2D eigenvalue weighted by Crippen LogP contribution is -2.13. The van der Waals surface area contributed by atoms with Crippen LogP contribution >= 0.6 is 27.5 Å². The summed E-state index contributed by atoms with van der Waals surface area (Å²) in [5.74, 6) is -0.923. The van der Waals surface area contributed by atoms with Crippen molar-refractivity contribution in [2.75, 3.05) is 5.32 Å². The molecule has 10 nitrogen and oxygen atoms in total. The van der Waals surface area contributed by atoms with Gasteiger partial charge in [-0.1, -0.05) is 39.7 Å². The van der Waals surface area contributed by atoms with Crippen LogP contribution in [-0.4, -0.2) is 15.8 Å². The highest BCUT2D eigenvalue weighted by Crippen LogP contribution is 2.37. The number of halogens is 2. The maximum atomic E-state index is 12.6. The van der Waals surface area contributed by atoms with Crippen molar-refractivity contribution in [1.29, 1.82) is 5.26 Å². The molecule has 0 unspecified atom stereocenters. The lowest BCUT2D eigenvalue weighted by atomic mass is 10.1. The van der Waals surface area contributed by atoms with Crippen molar-refractivity contribution in [3.8, 4) is 17.6 Å².